The molecule has 0 aliphatic heterocycles. The Bertz CT molecular complexity index is 490. The Morgan fingerprint density at radius 1 is 0.947 bits per heavy atom. The van der Waals surface area contributed by atoms with Gasteiger partial charge in [-0.15, -0.1) is 11.8 Å². The number of hydrogen-bond donors (Lipinski definition) is 0. The van der Waals surface area contributed by atoms with Crippen LogP contribution in [0.4, 0.5) is 0 Å². The van der Waals surface area contributed by atoms with Gasteiger partial charge in [-0.3, -0.25) is 0 Å². The van der Waals surface area contributed by atoms with Crippen molar-refractivity contribution in [1.82, 2.24) is 0 Å². The summed E-state index contributed by atoms with van der Waals surface area (Å²) in [5.74, 6) is 0.702. The quantitative estimate of drug-likeness (QED) is 0.575. The minimum atomic E-state index is 0.530. The molecule has 19 heavy (non-hydrogen) atoms. The van der Waals surface area contributed by atoms with Gasteiger partial charge in [0.15, 0.2) is 0 Å². The first-order valence-corrected chi connectivity index (χ1v) is 8.29. The molecule has 2 aromatic rings. The predicted molar refractivity (Wildman–Crippen MR) is 88.6 cm³/mol. The summed E-state index contributed by atoms with van der Waals surface area (Å²) in [6.07, 6.45) is 1.20. The van der Waals surface area contributed by atoms with Gasteiger partial charge in [-0.1, -0.05) is 60.1 Å². The van der Waals surface area contributed by atoms with E-state index in [1.165, 1.54) is 16.9 Å². The third-order valence-electron chi connectivity index (χ3n) is 2.95. The molecule has 2 aromatic carbocycles. The molecule has 1 atom stereocenters. The van der Waals surface area contributed by atoms with E-state index in [0.717, 1.165) is 4.47 Å². The largest absolute Gasteiger partial charge is 0.118 e. The Balaban J connectivity index is 2.16. The highest BCUT2D eigenvalue weighted by Gasteiger charge is 2.14. The van der Waals surface area contributed by atoms with Crippen molar-refractivity contribution in [1.29, 1.82) is 0 Å². The maximum absolute atomic E-state index is 3.49. The van der Waals surface area contributed by atoms with Crippen LogP contribution in [0, 0.1) is 5.92 Å². The minimum Gasteiger partial charge on any atom is -0.118 e. The molecule has 0 heterocycles. The SMILES string of the molecule is CC(C)CC(Sc1ccc(Br)cc1)c1ccccc1. The van der Waals surface area contributed by atoms with Crippen molar-refractivity contribution in [3.05, 3.63) is 64.6 Å². The topological polar surface area (TPSA) is 0 Å². The second-order valence-electron chi connectivity index (χ2n) is 5.10. The second-order valence-corrected chi connectivity index (χ2v) is 7.29. The number of rotatable bonds is 5. The molecule has 0 saturated carbocycles. The molecule has 0 bridgehead atoms. The van der Waals surface area contributed by atoms with Gasteiger partial charge in [-0.2, -0.15) is 0 Å². The minimum absolute atomic E-state index is 0.530. The van der Waals surface area contributed by atoms with Crippen LogP contribution in [0.15, 0.2) is 64.0 Å². The monoisotopic (exact) mass is 334 g/mol. The first-order valence-electron chi connectivity index (χ1n) is 6.62. The number of benzene rings is 2. The molecule has 0 aliphatic carbocycles. The van der Waals surface area contributed by atoms with Crippen molar-refractivity contribution in [2.45, 2.75) is 30.4 Å². The van der Waals surface area contributed by atoms with Crippen LogP contribution in [-0.2, 0) is 0 Å². The van der Waals surface area contributed by atoms with E-state index in [0.29, 0.717) is 11.2 Å². The van der Waals surface area contributed by atoms with Crippen molar-refractivity contribution >= 4 is 27.7 Å². The number of thioether (sulfide) groups is 1. The molecule has 0 spiro atoms. The summed E-state index contributed by atoms with van der Waals surface area (Å²) in [4.78, 5) is 1.33. The molecule has 100 valence electrons. The average molecular weight is 335 g/mol. The fourth-order valence-electron chi connectivity index (χ4n) is 2.03. The summed E-state index contributed by atoms with van der Waals surface area (Å²) < 4.78 is 1.14. The Kier molecular flexibility index (Phi) is 5.53. The van der Waals surface area contributed by atoms with Gasteiger partial charge in [0.2, 0.25) is 0 Å². The molecule has 0 nitrogen and oxygen atoms in total. The Morgan fingerprint density at radius 3 is 2.16 bits per heavy atom. The lowest BCUT2D eigenvalue weighted by Gasteiger charge is -2.19. The third-order valence-corrected chi connectivity index (χ3v) is 4.77. The van der Waals surface area contributed by atoms with E-state index < -0.39 is 0 Å². The Labute approximate surface area is 128 Å². The first-order chi connectivity index (χ1) is 9.15. The van der Waals surface area contributed by atoms with Gasteiger partial charge < -0.3 is 0 Å². The fraction of sp³-hybridized carbons (Fsp3) is 0.294. The van der Waals surface area contributed by atoms with Crippen LogP contribution in [0.3, 0.4) is 0 Å². The van der Waals surface area contributed by atoms with Crippen molar-refractivity contribution in [2.24, 2.45) is 5.92 Å². The predicted octanol–water partition coefficient (Wildman–Crippen LogP) is 6.33. The van der Waals surface area contributed by atoms with Gasteiger partial charge in [0.05, 0.1) is 0 Å². The lowest BCUT2D eigenvalue weighted by atomic mass is 10.0. The summed E-state index contributed by atoms with van der Waals surface area (Å²) in [6, 6.07) is 19.4. The average Bonchev–Trinajstić information content (AvgIpc) is 2.41. The van der Waals surface area contributed by atoms with Crippen LogP contribution in [0.25, 0.3) is 0 Å². The lowest BCUT2D eigenvalue weighted by molar-refractivity contribution is 0.579. The van der Waals surface area contributed by atoms with E-state index >= 15 is 0 Å². The lowest BCUT2D eigenvalue weighted by Crippen LogP contribution is -1.99. The molecular formula is C17H19BrS. The zero-order valence-electron chi connectivity index (χ0n) is 11.3. The summed E-state index contributed by atoms with van der Waals surface area (Å²) in [7, 11) is 0. The van der Waals surface area contributed by atoms with Crippen LogP contribution in [0.2, 0.25) is 0 Å². The molecule has 0 fully saturated rings. The molecule has 0 saturated heterocycles. The summed E-state index contributed by atoms with van der Waals surface area (Å²) in [5, 5.41) is 0.530. The van der Waals surface area contributed by atoms with Gasteiger partial charge in [0, 0.05) is 14.6 Å². The van der Waals surface area contributed by atoms with Crippen molar-refractivity contribution in [3.8, 4) is 0 Å². The summed E-state index contributed by atoms with van der Waals surface area (Å²) in [5.41, 5.74) is 1.42. The van der Waals surface area contributed by atoms with Gasteiger partial charge in [-0.05, 0) is 42.2 Å². The summed E-state index contributed by atoms with van der Waals surface area (Å²) >= 11 is 5.45. The molecule has 0 N–H and O–H groups in total. The van der Waals surface area contributed by atoms with Crippen molar-refractivity contribution in [2.75, 3.05) is 0 Å². The van der Waals surface area contributed by atoms with Gasteiger partial charge >= 0.3 is 0 Å². The third kappa shape index (κ3) is 4.70. The molecule has 0 radical (unpaired) electrons. The van der Waals surface area contributed by atoms with E-state index in [2.05, 4.69) is 84.4 Å². The smallest absolute Gasteiger partial charge is 0.0346 e. The standard InChI is InChI=1S/C17H19BrS/c1-13(2)12-17(14-6-4-3-5-7-14)19-16-10-8-15(18)9-11-16/h3-11,13,17H,12H2,1-2H3. The zero-order chi connectivity index (χ0) is 13.7. The molecular weight excluding hydrogens is 316 g/mol. The molecule has 1 unspecified atom stereocenters. The highest BCUT2D eigenvalue weighted by Crippen LogP contribution is 2.39. The van der Waals surface area contributed by atoms with Crippen molar-refractivity contribution in [3.63, 3.8) is 0 Å². The fourth-order valence-corrected chi connectivity index (χ4v) is 3.69. The zero-order valence-corrected chi connectivity index (χ0v) is 13.7. The highest BCUT2D eigenvalue weighted by atomic mass is 79.9. The van der Waals surface area contributed by atoms with E-state index in [1.807, 2.05) is 11.8 Å². The van der Waals surface area contributed by atoms with Crippen LogP contribution in [-0.4, -0.2) is 0 Å². The van der Waals surface area contributed by atoms with Gasteiger partial charge in [0.1, 0.15) is 0 Å². The van der Waals surface area contributed by atoms with Crippen molar-refractivity contribution < 1.29 is 0 Å². The van der Waals surface area contributed by atoms with E-state index in [4.69, 9.17) is 0 Å². The van der Waals surface area contributed by atoms with Crippen LogP contribution in [0.1, 0.15) is 31.1 Å². The van der Waals surface area contributed by atoms with Crippen LogP contribution >= 0.6 is 27.7 Å². The van der Waals surface area contributed by atoms with E-state index in [1.54, 1.807) is 0 Å². The second kappa shape index (κ2) is 7.16. The highest BCUT2D eigenvalue weighted by molar-refractivity contribution is 9.10. The molecule has 2 rings (SSSR count). The molecule has 2 heteroatoms. The van der Waals surface area contributed by atoms with Gasteiger partial charge in [0.25, 0.3) is 0 Å². The van der Waals surface area contributed by atoms with E-state index in [-0.39, 0.29) is 0 Å². The maximum Gasteiger partial charge on any atom is 0.0346 e. The molecule has 0 aromatic heterocycles. The van der Waals surface area contributed by atoms with E-state index in [9.17, 15) is 0 Å². The number of hydrogen-bond acceptors (Lipinski definition) is 1. The van der Waals surface area contributed by atoms with Gasteiger partial charge in [-0.25, -0.2) is 0 Å². The normalized spacial score (nSPS) is 12.6. The maximum atomic E-state index is 3.49. The molecule has 0 amide bonds. The molecule has 0 aliphatic rings. The van der Waals surface area contributed by atoms with Crippen LogP contribution in [0.5, 0.6) is 0 Å². The Hall–Kier alpha value is -0.730. The Morgan fingerprint density at radius 2 is 1.58 bits per heavy atom. The van der Waals surface area contributed by atoms with Crippen LogP contribution < -0.4 is 0 Å². The first kappa shape index (κ1) is 14.7. The summed E-state index contributed by atoms with van der Waals surface area (Å²) in [6.45, 7) is 4.58. The number of halogens is 1.